The third-order valence-electron chi connectivity index (χ3n) is 4.27. The molecule has 1 aliphatic rings. The van der Waals surface area contributed by atoms with Gasteiger partial charge in [-0.25, -0.2) is 0 Å². The van der Waals surface area contributed by atoms with Crippen LogP contribution in [0.1, 0.15) is 30.4 Å². The number of nitrogens with zero attached hydrogens (tertiary/aromatic N) is 3. The van der Waals surface area contributed by atoms with E-state index in [9.17, 15) is 0 Å². The van der Waals surface area contributed by atoms with Crippen LogP contribution >= 0.6 is 27.7 Å². The van der Waals surface area contributed by atoms with Gasteiger partial charge in [-0.2, -0.15) is 5.10 Å². The van der Waals surface area contributed by atoms with Gasteiger partial charge in [-0.3, -0.25) is 0 Å². The third kappa shape index (κ3) is 5.61. The number of piperidine rings is 1. The van der Waals surface area contributed by atoms with Gasteiger partial charge in [0, 0.05) is 34.6 Å². The number of rotatable bonds is 5. The quantitative estimate of drug-likeness (QED) is 0.411. The fraction of sp³-hybridized carbons (Fsp3) is 0.300. The molecule has 0 unspecified atom stereocenters. The largest absolute Gasteiger partial charge is 0.377 e. The average molecular weight is 431 g/mol. The van der Waals surface area contributed by atoms with E-state index in [-0.39, 0.29) is 0 Å². The van der Waals surface area contributed by atoms with Gasteiger partial charge in [0.25, 0.3) is 0 Å². The number of benzene rings is 2. The van der Waals surface area contributed by atoms with Crippen molar-refractivity contribution in [2.45, 2.75) is 25.0 Å². The van der Waals surface area contributed by atoms with Gasteiger partial charge >= 0.3 is 0 Å². The van der Waals surface area contributed by atoms with Gasteiger partial charge in [-0.05, 0) is 37.0 Å². The summed E-state index contributed by atoms with van der Waals surface area (Å²) in [5.41, 5.74) is 9.47. The second kappa shape index (κ2) is 9.78. The van der Waals surface area contributed by atoms with Crippen molar-refractivity contribution in [3.05, 3.63) is 64.1 Å². The van der Waals surface area contributed by atoms with Crippen LogP contribution in [0.15, 0.2) is 63.2 Å². The van der Waals surface area contributed by atoms with E-state index in [0.29, 0.717) is 5.17 Å². The first kappa shape index (κ1) is 19.0. The molecule has 2 aromatic rings. The number of hydrogen-bond donors (Lipinski definition) is 1. The summed E-state index contributed by atoms with van der Waals surface area (Å²) in [5, 5.41) is 8.83. The molecule has 2 N–H and O–H groups in total. The first-order valence-electron chi connectivity index (χ1n) is 8.80. The Morgan fingerprint density at radius 1 is 1.12 bits per heavy atom. The molecule has 0 aromatic heterocycles. The molecule has 2 aromatic carbocycles. The van der Waals surface area contributed by atoms with Gasteiger partial charge < -0.3 is 10.6 Å². The summed E-state index contributed by atoms with van der Waals surface area (Å²) >= 11 is 5.07. The number of halogens is 1. The molecule has 1 heterocycles. The minimum atomic E-state index is 0.474. The van der Waals surface area contributed by atoms with Crippen molar-refractivity contribution in [2.75, 3.05) is 18.0 Å². The Labute approximate surface area is 167 Å². The van der Waals surface area contributed by atoms with Crippen molar-refractivity contribution >= 4 is 44.8 Å². The molecule has 0 bridgehead atoms. The van der Waals surface area contributed by atoms with Gasteiger partial charge in [-0.15, -0.1) is 5.10 Å². The Kier molecular flexibility index (Phi) is 7.14. The molecule has 136 valence electrons. The highest BCUT2D eigenvalue weighted by molar-refractivity contribution is 9.10. The summed E-state index contributed by atoms with van der Waals surface area (Å²) < 4.78 is 1.08. The van der Waals surface area contributed by atoms with E-state index in [1.165, 1.54) is 42.3 Å². The van der Waals surface area contributed by atoms with Crippen molar-refractivity contribution < 1.29 is 0 Å². The van der Waals surface area contributed by atoms with Crippen LogP contribution in [0, 0.1) is 0 Å². The van der Waals surface area contributed by atoms with Crippen LogP contribution in [-0.4, -0.2) is 24.5 Å². The van der Waals surface area contributed by atoms with Crippen LogP contribution in [0.2, 0.25) is 0 Å². The zero-order chi connectivity index (χ0) is 18.2. The molecule has 3 rings (SSSR count). The predicted octanol–water partition coefficient (Wildman–Crippen LogP) is 5.02. The van der Waals surface area contributed by atoms with Crippen molar-refractivity contribution in [3.63, 3.8) is 0 Å². The van der Waals surface area contributed by atoms with Crippen molar-refractivity contribution in [1.29, 1.82) is 0 Å². The molecule has 0 aliphatic carbocycles. The zero-order valence-corrected chi connectivity index (χ0v) is 17.0. The van der Waals surface area contributed by atoms with Crippen LogP contribution in [0.25, 0.3) is 0 Å². The minimum Gasteiger partial charge on any atom is -0.377 e. The monoisotopic (exact) mass is 430 g/mol. The summed E-state index contributed by atoms with van der Waals surface area (Å²) in [6, 6.07) is 16.5. The molecular formula is C20H23BrN4S. The highest BCUT2D eigenvalue weighted by Gasteiger charge is 2.14. The molecule has 0 atom stereocenters. The standard InChI is InChI=1S/C20H23BrN4S/c21-18-10-9-17(19(13-18)25-11-5-2-6-12-25)14-23-24-20(22)26-15-16-7-3-1-4-8-16/h1,3-4,7-10,13-14H,2,5-6,11-12,15H2,(H2,22,24). The fourth-order valence-electron chi connectivity index (χ4n) is 2.94. The van der Waals surface area contributed by atoms with Crippen LogP contribution < -0.4 is 10.6 Å². The Morgan fingerprint density at radius 3 is 2.65 bits per heavy atom. The van der Waals surface area contributed by atoms with Crippen LogP contribution in [0.3, 0.4) is 0 Å². The summed E-state index contributed by atoms with van der Waals surface area (Å²) in [6.07, 6.45) is 5.59. The number of anilines is 1. The molecule has 0 saturated carbocycles. The minimum absolute atomic E-state index is 0.474. The van der Waals surface area contributed by atoms with Gasteiger partial charge in [0.05, 0.1) is 6.21 Å². The summed E-state index contributed by atoms with van der Waals surface area (Å²) in [5.74, 6) is 0.795. The Bertz CT molecular complexity index is 771. The molecule has 6 heteroatoms. The predicted molar refractivity (Wildman–Crippen MR) is 117 cm³/mol. The number of thioether (sulfide) groups is 1. The topological polar surface area (TPSA) is 54.0 Å². The zero-order valence-electron chi connectivity index (χ0n) is 14.6. The Morgan fingerprint density at radius 2 is 1.88 bits per heavy atom. The highest BCUT2D eigenvalue weighted by Crippen LogP contribution is 2.27. The molecular weight excluding hydrogens is 408 g/mol. The maximum atomic E-state index is 5.97. The van der Waals surface area contributed by atoms with Crippen LogP contribution in [-0.2, 0) is 5.75 Å². The molecule has 0 amide bonds. The fourth-order valence-corrected chi connectivity index (χ4v) is 3.90. The number of amidine groups is 1. The molecule has 1 saturated heterocycles. The summed E-state index contributed by atoms with van der Waals surface area (Å²) in [6.45, 7) is 2.19. The lowest BCUT2D eigenvalue weighted by molar-refractivity contribution is 0.577. The second-order valence-corrected chi connectivity index (χ2v) is 8.12. The normalized spacial score (nSPS) is 15.6. The smallest absolute Gasteiger partial charge is 0.180 e. The number of nitrogens with two attached hydrogens (primary N) is 1. The van der Waals surface area contributed by atoms with E-state index in [1.807, 2.05) is 24.3 Å². The van der Waals surface area contributed by atoms with Crippen molar-refractivity contribution in [1.82, 2.24) is 0 Å². The van der Waals surface area contributed by atoms with Crippen molar-refractivity contribution in [2.24, 2.45) is 15.9 Å². The summed E-state index contributed by atoms with van der Waals surface area (Å²) in [7, 11) is 0. The summed E-state index contributed by atoms with van der Waals surface area (Å²) in [4.78, 5) is 2.42. The lowest BCUT2D eigenvalue weighted by Crippen LogP contribution is -2.30. The highest BCUT2D eigenvalue weighted by atomic mass is 79.9. The second-order valence-electron chi connectivity index (χ2n) is 6.21. The molecule has 1 aliphatic heterocycles. The average Bonchev–Trinajstić information content (AvgIpc) is 2.69. The first-order chi connectivity index (χ1) is 12.7. The number of hydrogen-bond acceptors (Lipinski definition) is 4. The first-order valence-corrected chi connectivity index (χ1v) is 10.6. The van der Waals surface area contributed by atoms with Crippen LogP contribution in [0.5, 0.6) is 0 Å². The van der Waals surface area contributed by atoms with E-state index in [2.05, 4.69) is 55.3 Å². The van der Waals surface area contributed by atoms with E-state index >= 15 is 0 Å². The lowest BCUT2D eigenvalue weighted by Gasteiger charge is -2.30. The van der Waals surface area contributed by atoms with Gasteiger partial charge in [0.1, 0.15) is 0 Å². The van der Waals surface area contributed by atoms with Gasteiger partial charge in [-0.1, -0.05) is 64.1 Å². The third-order valence-corrected chi connectivity index (χ3v) is 5.62. The van der Waals surface area contributed by atoms with E-state index in [1.54, 1.807) is 6.21 Å². The molecule has 0 radical (unpaired) electrons. The van der Waals surface area contributed by atoms with E-state index < -0.39 is 0 Å². The van der Waals surface area contributed by atoms with Crippen molar-refractivity contribution in [3.8, 4) is 0 Å². The molecule has 26 heavy (non-hydrogen) atoms. The SMILES string of the molecule is NC(=NN=Cc1ccc(Br)cc1N1CCCCC1)SCc1ccccc1. The maximum absolute atomic E-state index is 5.97. The van der Waals surface area contributed by atoms with Gasteiger partial charge in [0.2, 0.25) is 0 Å². The van der Waals surface area contributed by atoms with Gasteiger partial charge in [0.15, 0.2) is 5.17 Å². The van der Waals surface area contributed by atoms with Crippen LogP contribution in [0.4, 0.5) is 5.69 Å². The molecule has 4 nitrogen and oxygen atoms in total. The lowest BCUT2D eigenvalue weighted by atomic mass is 10.1. The maximum Gasteiger partial charge on any atom is 0.180 e. The molecule has 1 fully saturated rings. The molecule has 0 spiro atoms. The van der Waals surface area contributed by atoms with E-state index in [4.69, 9.17) is 5.73 Å². The Balaban J connectivity index is 1.65. The Hall–Kier alpha value is -1.79. The van der Waals surface area contributed by atoms with E-state index in [0.717, 1.165) is 28.9 Å².